The van der Waals surface area contributed by atoms with Gasteiger partial charge in [-0.2, -0.15) is 13.2 Å². The van der Waals surface area contributed by atoms with Gasteiger partial charge >= 0.3 is 6.18 Å². The van der Waals surface area contributed by atoms with Crippen molar-refractivity contribution in [1.82, 2.24) is 10.6 Å². The number of halogens is 4. The molecule has 0 unspecified atom stereocenters. The summed E-state index contributed by atoms with van der Waals surface area (Å²) in [4.78, 5) is 33.5. The lowest BCUT2D eigenvalue weighted by molar-refractivity contribution is -0.138. The number of carbonyl (C=O) groups excluding carboxylic acids is 3. The fraction of sp³-hybridized carbons (Fsp3) is 0.308. The number of rotatable bonds is 5. The maximum absolute atomic E-state index is 12.7. The van der Waals surface area contributed by atoms with Gasteiger partial charge in [0, 0.05) is 17.1 Å². The van der Waals surface area contributed by atoms with Crippen LogP contribution < -0.4 is 16.0 Å². The number of anilines is 1. The molecule has 1 aromatic carbocycles. The van der Waals surface area contributed by atoms with Gasteiger partial charge in [0.25, 0.3) is 0 Å². The molecule has 23 heavy (non-hydrogen) atoms. The summed E-state index contributed by atoms with van der Waals surface area (Å²) in [6.07, 6.45) is -4.56. The van der Waals surface area contributed by atoms with Gasteiger partial charge in [-0.05, 0) is 18.2 Å². The molecule has 1 rings (SSSR count). The fourth-order valence-corrected chi connectivity index (χ4v) is 1.94. The highest BCUT2D eigenvalue weighted by Crippen LogP contribution is 2.36. The van der Waals surface area contributed by atoms with Crippen molar-refractivity contribution in [3.8, 4) is 0 Å². The Hall–Kier alpha value is -2.10. The maximum Gasteiger partial charge on any atom is 0.417 e. The van der Waals surface area contributed by atoms with Crippen LogP contribution in [0.2, 0.25) is 0 Å². The minimum Gasteiger partial charge on any atom is -0.347 e. The summed E-state index contributed by atoms with van der Waals surface area (Å²) in [6.45, 7) is 0.501. The normalized spacial score (nSPS) is 10.8. The summed E-state index contributed by atoms with van der Waals surface area (Å²) in [5.41, 5.74) is -0.980. The second-order valence-corrected chi connectivity index (χ2v) is 5.28. The van der Waals surface area contributed by atoms with Crippen LogP contribution in [0.15, 0.2) is 22.7 Å². The van der Waals surface area contributed by atoms with Crippen molar-refractivity contribution >= 4 is 39.3 Å². The Morgan fingerprint density at radius 3 is 2.26 bits per heavy atom. The van der Waals surface area contributed by atoms with E-state index in [1.165, 1.54) is 13.0 Å². The van der Waals surface area contributed by atoms with Crippen LogP contribution in [0.3, 0.4) is 0 Å². The molecule has 10 heteroatoms. The Morgan fingerprint density at radius 2 is 1.70 bits per heavy atom. The monoisotopic (exact) mass is 395 g/mol. The zero-order valence-electron chi connectivity index (χ0n) is 11.9. The standard InChI is InChI=1S/C13H13BrF3N3O3/c1-7(21)18-5-11(22)19-6-12(23)20-8-2-3-10(14)9(4-8)13(15,16)17/h2-4H,5-6H2,1H3,(H,18,21)(H,19,22)(H,20,23). The number of alkyl halides is 3. The van der Waals surface area contributed by atoms with Crippen LogP contribution in [-0.2, 0) is 20.6 Å². The third-order valence-electron chi connectivity index (χ3n) is 2.50. The van der Waals surface area contributed by atoms with Crippen LogP contribution in [0, 0.1) is 0 Å². The van der Waals surface area contributed by atoms with Crippen molar-refractivity contribution in [3.63, 3.8) is 0 Å². The van der Waals surface area contributed by atoms with Crippen LogP contribution in [0.4, 0.5) is 18.9 Å². The molecule has 0 saturated carbocycles. The Morgan fingerprint density at radius 1 is 1.09 bits per heavy atom. The van der Waals surface area contributed by atoms with E-state index in [0.29, 0.717) is 0 Å². The zero-order valence-corrected chi connectivity index (χ0v) is 13.5. The first-order valence-corrected chi connectivity index (χ1v) is 7.06. The molecule has 0 aliphatic carbocycles. The quantitative estimate of drug-likeness (QED) is 0.708. The van der Waals surface area contributed by atoms with E-state index in [2.05, 4.69) is 31.9 Å². The molecule has 0 bridgehead atoms. The maximum atomic E-state index is 12.7. The first kappa shape index (κ1) is 18.9. The first-order valence-electron chi connectivity index (χ1n) is 6.27. The van der Waals surface area contributed by atoms with Crippen LogP contribution in [-0.4, -0.2) is 30.8 Å². The van der Waals surface area contributed by atoms with Gasteiger partial charge in [-0.15, -0.1) is 0 Å². The fourth-order valence-electron chi connectivity index (χ4n) is 1.47. The molecule has 0 heterocycles. The molecule has 1 aromatic rings. The molecular formula is C13H13BrF3N3O3. The first-order chi connectivity index (χ1) is 10.6. The smallest absolute Gasteiger partial charge is 0.347 e. The Kier molecular flexibility index (Phi) is 6.55. The van der Waals surface area contributed by atoms with Crippen LogP contribution in [0.1, 0.15) is 12.5 Å². The van der Waals surface area contributed by atoms with Gasteiger partial charge in [0.05, 0.1) is 18.7 Å². The molecule has 0 spiro atoms. The summed E-state index contributed by atoms with van der Waals surface area (Å²) in [7, 11) is 0. The Bertz CT molecular complexity index is 620. The molecule has 0 aliphatic heterocycles. The number of nitrogens with one attached hydrogen (secondary N) is 3. The summed E-state index contributed by atoms with van der Waals surface area (Å²) in [6, 6.07) is 3.23. The molecule has 0 aromatic heterocycles. The van der Waals surface area contributed by atoms with Crippen molar-refractivity contribution in [2.75, 3.05) is 18.4 Å². The highest BCUT2D eigenvalue weighted by atomic mass is 79.9. The van der Waals surface area contributed by atoms with Gasteiger partial charge < -0.3 is 16.0 Å². The van der Waals surface area contributed by atoms with E-state index in [1.807, 2.05) is 0 Å². The van der Waals surface area contributed by atoms with Gasteiger partial charge in [-0.3, -0.25) is 14.4 Å². The van der Waals surface area contributed by atoms with Crippen molar-refractivity contribution in [2.24, 2.45) is 0 Å². The molecule has 0 fully saturated rings. The number of benzene rings is 1. The molecule has 3 N–H and O–H groups in total. The van der Waals surface area contributed by atoms with E-state index in [-0.39, 0.29) is 16.7 Å². The molecule has 3 amide bonds. The van der Waals surface area contributed by atoms with E-state index < -0.39 is 36.0 Å². The predicted molar refractivity (Wildman–Crippen MR) is 79.5 cm³/mol. The molecule has 0 aliphatic rings. The average molecular weight is 396 g/mol. The highest BCUT2D eigenvalue weighted by Gasteiger charge is 2.33. The molecule has 126 valence electrons. The molecule has 0 atom stereocenters. The van der Waals surface area contributed by atoms with Gasteiger partial charge in [-0.25, -0.2) is 0 Å². The van der Waals surface area contributed by atoms with Gasteiger partial charge in [0.15, 0.2) is 0 Å². The van der Waals surface area contributed by atoms with E-state index in [4.69, 9.17) is 0 Å². The van der Waals surface area contributed by atoms with Crippen molar-refractivity contribution < 1.29 is 27.6 Å². The Labute approximate surface area is 137 Å². The SMILES string of the molecule is CC(=O)NCC(=O)NCC(=O)Nc1ccc(Br)c(C(F)(F)F)c1. The summed E-state index contributed by atoms with van der Waals surface area (Å²) >= 11 is 2.79. The van der Waals surface area contributed by atoms with Gasteiger partial charge in [0.2, 0.25) is 17.7 Å². The predicted octanol–water partition coefficient (Wildman–Crippen LogP) is 1.66. The molecular weight excluding hydrogens is 383 g/mol. The van der Waals surface area contributed by atoms with Gasteiger partial charge in [-0.1, -0.05) is 15.9 Å². The Balaban J connectivity index is 2.58. The largest absolute Gasteiger partial charge is 0.417 e. The second kappa shape index (κ2) is 7.95. The lowest BCUT2D eigenvalue weighted by atomic mass is 10.2. The van der Waals surface area contributed by atoms with Crippen molar-refractivity contribution in [2.45, 2.75) is 13.1 Å². The van der Waals surface area contributed by atoms with Crippen LogP contribution in [0.5, 0.6) is 0 Å². The van der Waals surface area contributed by atoms with Crippen molar-refractivity contribution in [1.29, 1.82) is 0 Å². The van der Waals surface area contributed by atoms with Crippen LogP contribution >= 0.6 is 15.9 Å². The van der Waals surface area contributed by atoms with Crippen molar-refractivity contribution in [3.05, 3.63) is 28.2 Å². The second-order valence-electron chi connectivity index (χ2n) is 4.43. The topological polar surface area (TPSA) is 87.3 Å². The minimum absolute atomic E-state index is 0.0540. The summed E-state index contributed by atoms with van der Waals surface area (Å²) < 4.78 is 38.1. The number of carbonyl (C=O) groups is 3. The average Bonchev–Trinajstić information content (AvgIpc) is 2.43. The third-order valence-corrected chi connectivity index (χ3v) is 3.19. The summed E-state index contributed by atoms with van der Waals surface area (Å²) in [5.74, 6) is -1.70. The minimum atomic E-state index is -4.56. The number of hydrogen-bond donors (Lipinski definition) is 3. The van der Waals surface area contributed by atoms with E-state index in [0.717, 1.165) is 12.1 Å². The van der Waals surface area contributed by atoms with Crippen LogP contribution in [0.25, 0.3) is 0 Å². The molecule has 0 saturated heterocycles. The number of hydrogen-bond acceptors (Lipinski definition) is 3. The third kappa shape index (κ3) is 6.68. The number of amides is 3. The molecule has 0 radical (unpaired) electrons. The van der Waals surface area contributed by atoms with Gasteiger partial charge in [0.1, 0.15) is 0 Å². The van der Waals surface area contributed by atoms with E-state index in [9.17, 15) is 27.6 Å². The lowest BCUT2D eigenvalue weighted by Gasteiger charge is -2.12. The molecule has 6 nitrogen and oxygen atoms in total. The zero-order chi connectivity index (χ0) is 17.6. The van der Waals surface area contributed by atoms with E-state index in [1.54, 1.807) is 0 Å². The lowest BCUT2D eigenvalue weighted by Crippen LogP contribution is -2.39. The van der Waals surface area contributed by atoms with E-state index >= 15 is 0 Å². The summed E-state index contributed by atoms with van der Waals surface area (Å²) in [5, 5.41) is 6.69. The highest BCUT2D eigenvalue weighted by molar-refractivity contribution is 9.10.